The van der Waals surface area contributed by atoms with Crippen LogP contribution < -0.4 is 0 Å². The number of fused-ring (bicyclic) bond motifs is 1. The van der Waals surface area contributed by atoms with Gasteiger partial charge in [-0.05, 0) is 45.2 Å². The zero-order chi connectivity index (χ0) is 13.1. The number of hydrogen-bond donors (Lipinski definition) is 0. The molecular weight excluding hydrogens is 234 g/mol. The average Bonchev–Trinajstić information content (AvgIpc) is 2.69. The van der Waals surface area contributed by atoms with Gasteiger partial charge in [-0.15, -0.1) is 0 Å². The molecule has 0 spiro atoms. The maximum atomic E-state index is 12.7. The molecule has 0 aromatic rings. The van der Waals surface area contributed by atoms with Gasteiger partial charge in [0.15, 0.2) is 5.78 Å². The summed E-state index contributed by atoms with van der Waals surface area (Å²) < 4.78 is 0. The highest BCUT2D eigenvalue weighted by Gasteiger charge is 2.29. The van der Waals surface area contributed by atoms with Crippen molar-refractivity contribution in [2.45, 2.75) is 51.4 Å². The highest BCUT2D eigenvalue weighted by atomic mass is 16.1. The lowest BCUT2D eigenvalue weighted by Gasteiger charge is -2.29. The van der Waals surface area contributed by atoms with Crippen LogP contribution in [0.5, 0.6) is 0 Å². The van der Waals surface area contributed by atoms with E-state index in [1.165, 1.54) is 57.2 Å². The normalized spacial score (nSPS) is 29.3. The summed E-state index contributed by atoms with van der Waals surface area (Å²) >= 11 is 0. The number of piperidine rings is 1. The van der Waals surface area contributed by atoms with Gasteiger partial charge in [-0.25, -0.2) is 0 Å². The summed E-state index contributed by atoms with van der Waals surface area (Å²) in [7, 11) is 0. The van der Waals surface area contributed by atoms with Gasteiger partial charge in [-0.1, -0.05) is 37.0 Å². The van der Waals surface area contributed by atoms with Gasteiger partial charge in [0.05, 0.1) is 0 Å². The average molecular weight is 259 g/mol. The molecule has 1 heterocycles. The largest absolute Gasteiger partial charge is 0.299 e. The molecule has 3 aliphatic rings. The molecule has 19 heavy (non-hydrogen) atoms. The van der Waals surface area contributed by atoms with Gasteiger partial charge >= 0.3 is 0 Å². The number of likely N-dealkylation sites (tertiary alicyclic amines) is 1. The monoisotopic (exact) mass is 259 g/mol. The molecule has 0 N–H and O–H groups in total. The van der Waals surface area contributed by atoms with Crippen molar-refractivity contribution in [3.05, 3.63) is 23.3 Å². The van der Waals surface area contributed by atoms with Crippen molar-refractivity contribution in [1.82, 2.24) is 4.90 Å². The topological polar surface area (TPSA) is 20.3 Å². The Balaban J connectivity index is 1.70. The zero-order valence-electron chi connectivity index (χ0n) is 11.9. The predicted molar refractivity (Wildman–Crippen MR) is 78.0 cm³/mol. The molecule has 0 amide bonds. The Morgan fingerprint density at radius 1 is 1.00 bits per heavy atom. The van der Waals surface area contributed by atoms with Gasteiger partial charge in [0, 0.05) is 18.0 Å². The molecule has 104 valence electrons. The standard InChI is InChI=1S/C17H25NO/c19-17-15(13-18-11-5-2-6-12-18)10-9-14-7-3-1-4-8-16(14)17/h9-10,16H,1-8,11-13H2. The van der Waals surface area contributed by atoms with Crippen LogP contribution in [0.4, 0.5) is 0 Å². The molecule has 2 fully saturated rings. The Bertz CT molecular complexity index is 401. The van der Waals surface area contributed by atoms with Gasteiger partial charge in [-0.3, -0.25) is 9.69 Å². The third-order valence-corrected chi connectivity index (χ3v) is 4.88. The maximum absolute atomic E-state index is 12.7. The first-order chi connectivity index (χ1) is 9.34. The lowest BCUT2D eigenvalue weighted by molar-refractivity contribution is -0.118. The van der Waals surface area contributed by atoms with Crippen LogP contribution in [0, 0.1) is 5.92 Å². The predicted octanol–water partition coefficient (Wildman–Crippen LogP) is 3.49. The van der Waals surface area contributed by atoms with E-state index in [9.17, 15) is 4.79 Å². The maximum Gasteiger partial charge on any atom is 0.167 e. The van der Waals surface area contributed by atoms with E-state index in [0.29, 0.717) is 5.78 Å². The second-order valence-electron chi connectivity index (χ2n) is 6.29. The first kappa shape index (κ1) is 13.1. The van der Waals surface area contributed by atoms with Crippen LogP contribution in [0.25, 0.3) is 0 Å². The van der Waals surface area contributed by atoms with Crippen LogP contribution in [-0.4, -0.2) is 30.3 Å². The van der Waals surface area contributed by atoms with E-state index in [0.717, 1.165) is 25.0 Å². The molecule has 2 heteroatoms. The fourth-order valence-electron chi connectivity index (χ4n) is 3.72. The summed E-state index contributed by atoms with van der Waals surface area (Å²) in [4.78, 5) is 15.1. The smallest absolute Gasteiger partial charge is 0.167 e. The van der Waals surface area contributed by atoms with E-state index in [4.69, 9.17) is 0 Å². The van der Waals surface area contributed by atoms with Crippen LogP contribution in [0.2, 0.25) is 0 Å². The molecule has 3 rings (SSSR count). The Morgan fingerprint density at radius 2 is 1.79 bits per heavy atom. The van der Waals surface area contributed by atoms with Crippen molar-refractivity contribution in [3.63, 3.8) is 0 Å². The Kier molecular flexibility index (Phi) is 4.17. The van der Waals surface area contributed by atoms with E-state index >= 15 is 0 Å². The molecule has 1 saturated carbocycles. The molecule has 0 aromatic heterocycles. The molecular formula is C17H25NO. The second kappa shape index (κ2) is 6.04. The van der Waals surface area contributed by atoms with E-state index in [2.05, 4.69) is 17.1 Å². The molecule has 1 atom stereocenters. The van der Waals surface area contributed by atoms with Crippen LogP contribution in [0.15, 0.2) is 23.3 Å². The van der Waals surface area contributed by atoms with Gasteiger partial charge in [0.25, 0.3) is 0 Å². The first-order valence-electron chi connectivity index (χ1n) is 8.01. The highest BCUT2D eigenvalue weighted by molar-refractivity contribution is 6.00. The summed E-state index contributed by atoms with van der Waals surface area (Å²) in [6, 6.07) is 0. The molecule has 2 nitrogen and oxygen atoms in total. The minimum absolute atomic E-state index is 0.229. The molecule has 0 bridgehead atoms. The molecule has 0 radical (unpaired) electrons. The van der Waals surface area contributed by atoms with Crippen LogP contribution in [-0.2, 0) is 4.79 Å². The number of carbonyl (C=O) groups is 1. The minimum atomic E-state index is 0.229. The molecule has 2 aliphatic carbocycles. The van der Waals surface area contributed by atoms with Crippen molar-refractivity contribution >= 4 is 5.78 Å². The summed E-state index contributed by atoms with van der Waals surface area (Å²) in [5, 5.41) is 0. The van der Waals surface area contributed by atoms with E-state index < -0.39 is 0 Å². The Labute approximate surface area is 116 Å². The fourth-order valence-corrected chi connectivity index (χ4v) is 3.72. The van der Waals surface area contributed by atoms with Crippen LogP contribution >= 0.6 is 0 Å². The number of allylic oxidation sites excluding steroid dienone is 3. The summed E-state index contributed by atoms with van der Waals surface area (Å²) in [6.07, 6.45) is 14.4. The van der Waals surface area contributed by atoms with Gasteiger partial charge in [0.1, 0.15) is 0 Å². The molecule has 0 aromatic carbocycles. The lowest BCUT2D eigenvalue weighted by Crippen LogP contribution is -2.35. The zero-order valence-corrected chi connectivity index (χ0v) is 11.9. The third kappa shape index (κ3) is 3.00. The minimum Gasteiger partial charge on any atom is -0.299 e. The van der Waals surface area contributed by atoms with E-state index in [-0.39, 0.29) is 5.92 Å². The third-order valence-electron chi connectivity index (χ3n) is 4.88. The van der Waals surface area contributed by atoms with E-state index in [1.807, 2.05) is 0 Å². The number of hydrogen-bond acceptors (Lipinski definition) is 2. The molecule has 1 unspecified atom stereocenters. The Morgan fingerprint density at radius 3 is 2.63 bits per heavy atom. The SMILES string of the molecule is O=C1C(CN2CCCCC2)=CC=C2CCCCCC12. The number of carbonyl (C=O) groups excluding carboxylic acids is 1. The summed E-state index contributed by atoms with van der Waals surface area (Å²) in [6.45, 7) is 3.23. The van der Waals surface area contributed by atoms with Crippen molar-refractivity contribution in [3.8, 4) is 0 Å². The molecule has 1 saturated heterocycles. The van der Waals surface area contributed by atoms with Crippen molar-refractivity contribution in [2.24, 2.45) is 5.92 Å². The van der Waals surface area contributed by atoms with Crippen molar-refractivity contribution in [1.29, 1.82) is 0 Å². The lowest BCUT2D eigenvalue weighted by atomic mass is 9.82. The van der Waals surface area contributed by atoms with Crippen molar-refractivity contribution < 1.29 is 4.79 Å². The van der Waals surface area contributed by atoms with Crippen molar-refractivity contribution in [2.75, 3.05) is 19.6 Å². The first-order valence-corrected chi connectivity index (χ1v) is 8.01. The van der Waals surface area contributed by atoms with E-state index in [1.54, 1.807) is 0 Å². The highest BCUT2D eigenvalue weighted by Crippen LogP contribution is 2.33. The van der Waals surface area contributed by atoms with Gasteiger partial charge in [0.2, 0.25) is 0 Å². The summed E-state index contributed by atoms with van der Waals surface area (Å²) in [5.74, 6) is 0.664. The summed E-state index contributed by atoms with van der Waals surface area (Å²) in [5.41, 5.74) is 2.47. The molecule has 1 aliphatic heterocycles. The second-order valence-corrected chi connectivity index (χ2v) is 6.29. The quantitative estimate of drug-likeness (QED) is 0.756. The Hall–Kier alpha value is -0.890. The number of Topliss-reactive ketones (excluding diaryl/α,β-unsaturated/α-hetero) is 1. The van der Waals surface area contributed by atoms with Crippen LogP contribution in [0.3, 0.4) is 0 Å². The number of rotatable bonds is 2. The number of ketones is 1. The van der Waals surface area contributed by atoms with Crippen LogP contribution in [0.1, 0.15) is 51.4 Å². The van der Waals surface area contributed by atoms with Gasteiger partial charge in [-0.2, -0.15) is 0 Å². The number of nitrogens with zero attached hydrogens (tertiary/aromatic N) is 1. The van der Waals surface area contributed by atoms with Gasteiger partial charge < -0.3 is 0 Å². The fraction of sp³-hybridized carbons (Fsp3) is 0.706.